The van der Waals surface area contributed by atoms with Gasteiger partial charge in [0.1, 0.15) is 5.76 Å². The Balaban J connectivity index is 1.90. The minimum Gasteiger partial charge on any atom is -0.469 e. The molecule has 0 radical (unpaired) electrons. The smallest absolute Gasteiger partial charge is 0.193 e. The molecule has 1 aromatic rings. The van der Waals surface area contributed by atoms with E-state index < -0.39 is 0 Å². The minimum atomic E-state index is 0.734. The minimum absolute atomic E-state index is 0.734. The molecule has 0 amide bonds. The molecule has 0 spiro atoms. The molecule has 4 nitrogen and oxygen atoms in total. The monoisotopic (exact) mass is 295 g/mol. The van der Waals surface area contributed by atoms with Crippen molar-refractivity contribution < 1.29 is 4.42 Å². The summed E-state index contributed by atoms with van der Waals surface area (Å²) in [7, 11) is 0. The fourth-order valence-corrected chi connectivity index (χ4v) is 3.49. The van der Waals surface area contributed by atoms with Gasteiger partial charge < -0.3 is 14.6 Å². The molecule has 2 heterocycles. The van der Waals surface area contributed by atoms with Crippen molar-refractivity contribution in [3.63, 3.8) is 0 Å². The average Bonchev–Trinajstić information content (AvgIpc) is 3.00. The molecule has 112 valence electrons. The molecule has 0 bridgehead atoms. The highest BCUT2D eigenvalue weighted by molar-refractivity contribution is 8.00. The highest BCUT2D eigenvalue weighted by Crippen LogP contribution is 2.21. The van der Waals surface area contributed by atoms with Crippen LogP contribution in [0.25, 0.3) is 0 Å². The van der Waals surface area contributed by atoms with E-state index in [1.54, 1.807) is 6.26 Å². The predicted octanol–water partition coefficient (Wildman–Crippen LogP) is 2.62. The average molecular weight is 295 g/mol. The van der Waals surface area contributed by atoms with Crippen LogP contribution in [-0.4, -0.2) is 48.0 Å². The summed E-state index contributed by atoms with van der Waals surface area (Å²) in [5.74, 6) is 3.25. The first-order valence-electron chi connectivity index (χ1n) is 7.50. The molecule has 1 aromatic heterocycles. The van der Waals surface area contributed by atoms with Gasteiger partial charge >= 0.3 is 0 Å². The van der Waals surface area contributed by atoms with Gasteiger partial charge in [0, 0.05) is 43.6 Å². The maximum absolute atomic E-state index is 5.35. The van der Waals surface area contributed by atoms with Crippen LogP contribution in [0.5, 0.6) is 0 Å². The standard InChI is InChI=1S/C15H25N3OS/c1-3-14-12-18(9-11-20-14)15(16-4-2)17-8-7-13-6-5-10-19-13/h5-6,10,14H,3-4,7-9,11-12H2,1-2H3,(H,16,17). The fourth-order valence-electron chi connectivity index (χ4n) is 2.31. The summed E-state index contributed by atoms with van der Waals surface area (Å²) >= 11 is 2.08. The molecule has 1 aliphatic heterocycles. The van der Waals surface area contributed by atoms with Gasteiger partial charge in [-0.25, -0.2) is 0 Å². The molecule has 1 saturated heterocycles. The molecular weight excluding hydrogens is 270 g/mol. The van der Waals surface area contributed by atoms with Crippen LogP contribution >= 0.6 is 11.8 Å². The van der Waals surface area contributed by atoms with Crippen LogP contribution in [0.2, 0.25) is 0 Å². The second kappa shape index (κ2) is 8.25. The van der Waals surface area contributed by atoms with Crippen molar-refractivity contribution in [2.75, 3.05) is 31.9 Å². The van der Waals surface area contributed by atoms with Crippen molar-refractivity contribution in [3.05, 3.63) is 24.2 Å². The van der Waals surface area contributed by atoms with E-state index in [1.165, 1.54) is 12.2 Å². The molecule has 1 N–H and O–H groups in total. The maximum Gasteiger partial charge on any atom is 0.193 e. The lowest BCUT2D eigenvalue weighted by molar-refractivity contribution is 0.408. The van der Waals surface area contributed by atoms with Gasteiger partial charge in [0.2, 0.25) is 0 Å². The molecule has 0 saturated carbocycles. The van der Waals surface area contributed by atoms with Crippen LogP contribution in [0.3, 0.4) is 0 Å². The van der Waals surface area contributed by atoms with Crippen molar-refractivity contribution in [3.8, 4) is 0 Å². The fraction of sp³-hybridized carbons (Fsp3) is 0.667. The normalized spacial score (nSPS) is 20.2. The predicted molar refractivity (Wildman–Crippen MR) is 86.5 cm³/mol. The lowest BCUT2D eigenvalue weighted by Gasteiger charge is -2.34. The van der Waals surface area contributed by atoms with Crippen LogP contribution in [0.15, 0.2) is 27.8 Å². The Morgan fingerprint density at radius 2 is 2.45 bits per heavy atom. The Morgan fingerprint density at radius 1 is 1.55 bits per heavy atom. The van der Waals surface area contributed by atoms with E-state index in [0.717, 1.165) is 49.6 Å². The van der Waals surface area contributed by atoms with E-state index in [1.807, 2.05) is 12.1 Å². The number of aliphatic imine (C=N–C) groups is 1. The third kappa shape index (κ3) is 4.47. The SMILES string of the molecule is CCNC(=NCCc1ccco1)N1CCSC(CC)C1. The summed E-state index contributed by atoms with van der Waals surface area (Å²) in [6.45, 7) is 8.28. The Hall–Kier alpha value is -1.10. The maximum atomic E-state index is 5.35. The number of rotatable bonds is 5. The second-order valence-electron chi connectivity index (χ2n) is 4.91. The quantitative estimate of drug-likeness (QED) is 0.670. The van der Waals surface area contributed by atoms with E-state index in [4.69, 9.17) is 9.41 Å². The summed E-state index contributed by atoms with van der Waals surface area (Å²) < 4.78 is 5.35. The summed E-state index contributed by atoms with van der Waals surface area (Å²) in [6, 6.07) is 3.94. The van der Waals surface area contributed by atoms with Crippen molar-refractivity contribution in [1.82, 2.24) is 10.2 Å². The van der Waals surface area contributed by atoms with Gasteiger partial charge in [-0.05, 0) is 25.5 Å². The number of nitrogens with zero attached hydrogens (tertiary/aromatic N) is 2. The van der Waals surface area contributed by atoms with Crippen LogP contribution in [-0.2, 0) is 6.42 Å². The van der Waals surface area contributed by atoms with E-state index in [0.29, 0.717) is 0 Å². The zero-order valence-corrected chi connectivity index (χ0v) is 13.3. The van der Waals surface area contributed by atoms with Crippen molar-refractivity contribution in [2.45, 2.75) is 31.9 Å². The zero-order valence-electron chi connectivity index (χ0n) is 12.5. The summed E-state index contributed by atoms with van der Waals surface area (Å²) in [4.78, 5) is 7.14. The van der Waals surface area contributed by atoms with E-state index in [-0.39, 0.29) is 0 Å². The number of hydrogen-bond donors (Lipinski definition) is 1. The number of thioether (sulfide) groups is 1. The van der Waals surface area contributed by atoms with E-state index in [2.05, 4.69) is 35.8 Å². The molecule has 1 unspecified atom stereocenters. The van der Waals surface area contributed by atoms with Crippen molar-refractivity contribution in [2.24, 2.45) is 4.99 Å². The van der Waals surface area contributed by atoms with Gasteiger partial charge in [-0.3, -0.25) is 4.99 Å². The van der Waals surface area contributed by atoms with Gasteiger partial charge in [0.05, 0.1) is 6.26 Å². The Bertz CT molecular complexity index is 405. The van der Waals surface area contributed by atoms with Crippen LogP contribution in [0.1, 0.15) is 26.0 Å². The Morgan fingerprint density at radius 3 is 3.15 bits per heavy atom. The summed E-state index contributed by atoms with van der Waals surface area (Å²) in [5.41, 5.74) is 0. The van der Waals surface area contributed by atoms with Crippen LogP contribution in [0.4, 0.5) is 0 Å². The first kappa shape index (κ1) is 15.3. The largest absolute Gasteiger partial charge is 0.469 e. The third-order valence-corrected chi connectivity index (χ3v) is 4.80. The van der Waals surface area contributed by atoms with Gasteiger partial charge in [-0.15, -0.1) is 0 Å². The Labute approximate surface area is 126 Å². The van der Waals surface area contributed by atoms with Crippen molar-refractivity contribution in [1.29, 1.82) is 0 Å². The summed E-state index contributed by atoms with van der Waals surface area (Å²) in [5, 5.41) is 4.15. The molecule has 1 fully saturated rings. The first-order valence-corrected chi connectivity index (χ1v) is 8.55. The molecule has 0 aromatic carbocycles. The molecule has 5 heteroatoms. The molecule has 1 atom stereocenters. The first-order chi connectivity index (χ1) is 9.83. The van der Waals surface area contributed by atoms with Crippen LogP contribution < -0.4 is 5.32 Å². The number of guanidine groups is 1. The highest BCUT2D eigenvalue weighted by Gasteiger charge is 2.21. The van der Waals surface area contributed by atoms with E-state index in [9.17, 15) is 0 Å². The molecule has 1 aliphatic rings. The molecule has 2 rings (SSSR count). The number of nitrogens with one attached hydrogen (secondary N) is 1. The van der Waals surface area contributed by atoms with Gasteiger partial charge in [0.25, 0.3) is 0 Å². The molecule has 20 heavy (non-hydrogen) atoms. The lowest BCUT2D eigenvalue weighted by Crippen LogP contribution is -2.48. The summed E-state index contributed by atoms with van der Waals surface area (Å²) in [6.07, 6.45) is 3.81. The van der Waals surface area contributed by atoms with Crippen molar-refractivity contribution >= 4 is 17.7 Å². The highest BCUT2D eigenvalue weighted by atomic mass is 32.2. The van der Waals surface area contributed by atoms with Gasteiger partial charge in [-0.2, -0.15) is 11.8 Å². The molecular formula is C15H25N3OS. The third-order valence-electron chi connectivity index (χ3n) is 3.43. The second-order valence-corrected chi connectivity index (χ2v) is 6.32. The van der Waals surface area contributed by atoms with Crippen LogP contribution in [0, 0.1) is 0 Å². The topological polar surface area (TPSA) is 40.8 Å². The van der Waals surface area contributed by atoms with Gasteiger partial charge in [-0.1, -0.05) is 6.92 Å². The van der Waals surface area contributed by atoms with Gasteiger partial charge in [0.15, 0.2) is 5.96 Å². The number of furan rings is 1. The van der Waals surface area contributed by atoms with E-state index >= 15 is 0 Å². The lowest BCUT2D eigenvalue weighted by atomic mass is 10.3. The Kier molecular flexibility index (Phi) is 6.30. The number of hydrogen-bond acceptors (Lipinski definition) is 3. The molecule has 0 aliphatic carbocycles. The zero-order chi connectivity index (χ0) is 14.2.